The van der Waals surface area contributed by atoms with Gasteiger partial charge in [0.25, 0.3) is 0 Å². The van der Waals surface area contributed by atoms with Gasteiger partial charge in [0.1, 0.15) is 0 Å². The van der Waals surface area contributed by atoms with Gasteiger partial charge in [-0.3, -0.25) is 0 Å². The highest BCUT2D eigenvalue weighted by molar-refractivity contribution is 5.89. The van der Waals surface area contributed by atoms with Gasteiger partial charge in [0.05, 0.1) is 6.21 Å². The summed E-state index contributed by atoms with van der Waals surface area (Å²) < 4.78 is 0. The molecule has 1 aromatic carbocycles. The third kappa shape index (κ3) is 3.82. The van der Waals surface area contributed by atoms with E-state index < -0.39 is 0 Å². The van der Waals surface area contributed by atoms with Crippen LogP contribution in [-0.2, 0) is 0 Å². The van der Waals surface area contributed by atoms with Crippen molar-refractivity contribution in [3.05, 3.63) is 53.1 Å². The van der Waals surface area contributed by atoms with Crippen molar-refractivity contribution in [2.45, 2.75) is 39.7 Å². The predicted molar refractivity (Wildman–Crippen MR) is 83.3 cm³/mol. The van der Waals surface area contributed by atoms with E-state index in [1.54, 1.807) is 0 Å². The molecule has 0 atom stereocenters. The summed E-state index contributed by atoms with van der Waals surface area (Å²) in [5.41, 5.74) is 8.28. The molecule has 0 unspecified atom stereocenters. The average Bonchev–Trinajstić information content (AvgIpc) is 2.75. The van der Waals surface area contributed by atoms with E-state index in [0.717, 1.165) is 12.0 Å². The molecule has 1 aromatic rings. The molecule has 1 aliphatic rings. The van der Waals surface area contributed by atoms with Crippen LogP contribution in [0.15, 0.2) is 47.1 Å². The molecule has 0 bridgehead atoms. The van der Waals surface area contributed by atoms with Crippen LogP contribution in [0.3, 0.4) is 0 Å². The molecule has 2 heteroatoms. The SMILES string of the molecule is CC1=CCC(c2ccccc2C=NNC(C)(C)C)=C1. The average molecular weight is 254 g/mol. The van der Waals surface area contributed by atoms with Gasteiger partial charge in [-0.2, -0.15) is 5.10 Å². The molecule has 1 aliphatic carbocycles. The zero-order valence-electron chi connectivity index (χ0n) is 12.2. The summed E-state index contributed by atoms with van der Waals surface area (Å²) in [4.78, 5) is 0. The van der Waals surface area contributed by atoms with Crippen molar-refractivity contribution >= 4 is 11.8 Å². The van der Waals surface area contributed by atoms with Crippen molar-refractivity contribution in [1.29, 1.82) is 0 Å². The maximum atomic E-state index is 4.34. The van der Waals surface area contributed by atoms with Crippen molar-refractivity contribution in [2.75, 3.05) is 0 Å². The Labute approximate surface area is 115 Å². The quantitative estimate of drug-likeness (QED) is 0.636. The van der Waals surface area contributed by atoms with Gasteiger partial charge in [-0.05, 0) is 45.3 Å². The van der Waals surface area contributed by atoms with Gasteiger partial charge >= 0.3 is 0 Å². The largest absolute Gasteiger partial charge is 0.305 e. The van der Waals surface area contributed by atoms with Gasteiger partial charge in [0.15, 0.2) is 0 Å². The Kier molecular flexibility index (Phi) is 3.89. The molecule has 0 fully saturated rings. The molecule has 0 spiro atoms. The van der Waals surface area contributed by atoms with Crippen LogP contribution < -0.4 is 5.43 Å². The maximum absolute atomic E-state index is 4.34. The molecule has 0 amide bonds. The molecule has 0 aromatic heterocycles. The summed E-state index contributed by atoms with van der Waals surface area (Å²) in [6, 6.07) is 8.41. The van der Waals surface area contributed by atoms with Crippen LogP contribution >= 0.6 is 0 Å². The standard InChI is InChI=1S/C17H22N2/c1-13-9-10-14(11-13)16-8-6-5-7-15(16)12-18-19-17(2,3)4/h5-9,11-12,19H,10H2,1-4H3. The van der Waals surface area contributed by atoms with E-state index >= 15 is 0 Å². The van der Waals surface area contributed by atoms with Crippen molar-refractivity contribution in [1.82, 2.24) is 5.43 Å². The molecule has 0 saturated carbocycles. The van der Waals surface area contributed by atoms with E-state index in [0.29, 0.717) is 0 Å². The predicted octanol–water partition coefficient (Wildman–Crippen LogP) is 4.14. The number of rotatable bonds is 3. The van der Waals surface area contributed by atoms with Gasteiger partial charge in [0, 0.05) is 11.1 Å². The lowest BCUT2D eigenvalue weighted by molar-refractivity contribution is 0.442. The van der Waals surface area contributed by atoms with Crippen LogP contribution in [0.2, 0.25) is 0 Å². The fraction of sp³-hybridized carbons (Fsp3) is 0.353. The van der Waals surface area contributed by atoms with Crippen LogP contribution in [0.4, 0.5) is 0 Å². The molecule has 0 saturated heterocycles. The molecule has 100 valence electrons. The Morgan fingerprint density at radius 1 is 1.21 bits per heavy atom. The fourth-order valence-electron chi connectivity index (χ4n) is 2.05. The highest BCUT2D eigenvalue weighted by Gasteiger charge is 2.10. The van der Waals surface area contributed by atoms with Crippen LogP contribution in [-0.4, -0.2) is 11.8 Å². The van der Waals surface area contributed by atoms with E-state index in [-0.39, 0.29) is 5.54 Å². The van der Waals surface area contributed by atoms with Gasteiger partial charge in [-0.1, -0.05) is 42.0 Å². The second kappa shape index (κ2) is 5.43. The first-order valence-electron chi connectivity index (χ1n) is 6.73. The third-order valence-electron chi connectivity index (χ3n) is 2.96. The summed E-state index contributed by atoms with van der Waals surface area (Å²) in [7, 11) is 0. The summed E-state index contributed by atoms with van der Waals surface area (Å²) in [5, 5.41) is 4.34. The Morgan fingerprint density at radius 2 is 1.95 bits per heavy atom. The van der Waals surface area contributed by atoms with E-state index in [9.17, 15) is 0 Å². The number of hydrogen-bond acceptors (Lipinski definition) is 2. The molecule has 2 nitrogen and oxygen atoms in total. The van der Waals surface area contributed by atoms with Crippen molar-refractivity contribution in [2.24, 2.45) is 5.10 Å². The number of hydrogen-bond donors (Lipinski definition) is 1. The number of allylic oxidation sites excluding steroid dienone is 4. The topological polar surface area (TPSA) is 24.4 Å². The first kappa shape index (κ1) is 13.6. The number of nitrogens with one attached hydrogen (secondary N) is 1. The van der Waals surface area contributed by atoms with Crippen LogP contribution in [0.5, 0.6) is 0 Å². The smallest absolute Gasteiger partial charge is 0.0546 e. The summed E-state index contributed by atoms with van der Waals surface area (Å²) in [5.74, 6) is 0. The lowest BCUT2D eigenvalue weighted by Gasteiger charge is -2.17. The molecule has 2 rings (SSSR count). The summed E-state index contributed by atoms with van der Waals surface area (Å²) in [6.07, 6.45) is 7.44. The zero-order valence-corrected chi connectivity index (χ0v) is 12.2. The van der Waals surface area contributed by atoms with Crippen molar-refractivity contribution in [3.8, 4) is 0 Å². The van der Waals surface area contributed by atoms with Crippen LogP contribution in [0.25, 0.3) is 5.57 Å². The molecule has 0 heterocycles. The van der Waals surface area contributed by atoms with Gasteiger partial charge in [0.2, 0.25) is 0 Å². The van der Waals surface area contributed by atoms with E-state index in [2.05, 4.69) is 74.6 Å². The van der Waals surface area contributed by atoms with Crippen LogP contribution in [0.1, 0.15) is 45.2 Å². The minimum Gasteiger partial charge on any atom is -0.305 e. The second-order valence-electron chi connectivity index (χ2n) is 6.03. The van der Waals surface area contributed by atoms with E-state index in [1.807, 2.05) is 6.21 Å². The molecular weight excluding hydrogens is 232 g/mol. The maximum Gasteiger partial charge on any atom is 0.0546 e. The monoisotopic (exact) mass is 254 g/mol. The minimum atomic E-state index is -0.00376. The Hall–Kier alpha value is -1.83. The molecule has 0 aliphatic heterocycles. The Bertz CT molecular complexity index is 543. The van der Waals surface area contributed by atoms with Gasteiger partial charge < -0.3 is 5.43 Å². The highest BCUT2D eigenvalue weighted by atomic mass is 15.3. The van der Waals surface area contributed by atoms with Gasteiger partial charge in [-0.15, -0.1) is 0 Å². The lowest BCUT2D eigenvalue weighted by Crippen LogP contribution is -2.31. The lowest BCUT2D eigenvalue weighted by atomic mass is 9.99. The normalized spacial score (nSPS) is 15.6. The second-order valence-corrected chi connectivity index (χ2v) is 6.03. The third-order valence-corrected chi connectivity index (χ3v) is 2.96. The minimum absolute atomic E-state index is 0.00376. The van der Waals surface area contributed by atoms with Crippen LogP contribution in [0, 0.1) is 0 Å². The van der Waals surface area contributed by atoms with Crippen molar-refractivity contribution < 1.29 is 0 Å². The first-order chi connectivity index (χ1) is 8.96. The number of nitrogens with zero attached hydrogens (tertiary/aromatic N) is 1. The molecule has 0 radical (unpaired) electrons. The highest BCUT2D eigenvalue weighted by Crippen LogP contribution is 2.28. The first-order valence-corrected chi connectivity index (χ1v) is 6.73. The van der Waals surface area contributed by atoms with E-state index in [1.165, 1.54) is 16.7 Å². The van der Waals surface area contributed by atoms with Crippen molar-refractivity contribution in [3.63, 3.8) is 0 Å². The number of hydrazone groups is 1. The number of benzene rings is 1. The summed E-state index contributed by atoms with van der Waals surface area (Å²) >= 11 is 0. The molecule has 19 heavy (non-hydrogen) atoms. The zero-order chi connectivity index (χ0) is 13.9. The Morgan fingerprint density at radius 3 is 2.58 bits per heavy atom. The summed E-state index contributed by atoms with van der Waals surface area (Å²) in [6.45, 7) is 8.44. The van der Waals surface area contributed by atoms with Gasteiger partial charge in [-0.25, -0.2) is 0 Å². The van der Waals surface area contributed by atoms with E-state index in [4.69, 9.17) is 0 Å². The molecular formula is C17H22N2. The Balaban J connectivity index is 2.20. The fourth-order valence-corrected chi connectivity index (χ4v) is 2.05. The molecule has 1 N–H and O–H groups in total.